The third-order valence-corrected chi connectivity index (χ3v) is 3.38. The Balaban J connectivity index is 2.28. The van der Waals surface area contributed by atoms with Crippen molar-refractivity contribution in [2.45, 2.75) is 20.4 Å². The first-order chi connectivity index (χ1) is 10.1. The Morgan fingerprint density at radius 3 is 2.76 bits per heavy atom. The van der Waals surface area contributed by atoms with E-state index in [1.54, 1.807) is 30.0 Å². The van der Waals surface area contributed by atoms with E-state index >= 15 is 0 Å². The second kappa shape index (κ2) is 6.58. The van der Waals surface area contributed by atoms with Gasteiger partial charge in [0.2, 0.25) is 0 Å². The Morgan fingerprint density at radius 1 is 1.43 bits per heavy atom. The predicted molar refractivity (Wildman–Crippen MR) is 77.5 cm³/mol. The molecule has 0 spiro atoms. The van der Waals surface area contributed by atoms with Crippen LogP contribution in [0, 0.1) is 6.92 Å². The standard InChI is InChI=1S/C14H16ClN3O3/c1-4-18(8-12-9(2)16-21-17-12)14(19)11-7-10(15)5-6-13(11)20-3/h5-7H,4,8H2,1-3H3. The molecule has 0 aliphatic heterocycles. The SMILES string of the molecule is CCN(Cc1nonc1C)C(=O)c1cc(Cl)ccc1OC. The van der Waals surface area contributed by atoms with E-state index < -0.39 is 0 Å². The normalized spacial score (nSPS) is 10.5. The first-order valence-corrected chi connectivity index (χ1v) is 6.85. The third-order valence-electron chi connectivity index (χ3n) is 3.15. The van der Waals surface area contributed by atoms with Crippen molar-refractivity contribution in [1.82, 2.24) is 15.2 Å². The lowest BCUT2D eigenvalue weighted by Gasteiger charge is -2.21. The summed E-state index contributed by atoms with van der Waals surface area (Å²) in [6, 6.07) is 4.95. The highest BCUT2D eigenvalue weighted by atomic mass is 35.5. The molecule has 2 rings (SSSR count). The number of carbonyl (C=O) groups excluding carboxylic acids is 1. The van der Waals surface area contributed by atoms with Crippen LogP contribution in [0.1, 0.15) is 28.7 Å². The molecule has 2 aromatic rings. The Labute approximate surface area is 127 Å². The van der Waals surface area contributed by atoms with Gasteiger partial charge in [0.25, 0.3) is 5.91 Å². The first kappa shape index (κ1) is 15.3. The molecule has 1 amide bonds. The minimum Gasteiger partial charge on any atom is -0.496 e. The summed E-state index contributed by atoms with van der Waals surface area (Å²) in [5.74, 6) is 0.303. The van der Waals surface area contributed by atoms with E-state index in [4.69, 9.17) is 16.3 Å². The van der Waals surface area contributed by atoms with Crippen LogP contribution < -0.4 is 4.74 Å². The number of rotatable bonds is 5. The number of amides is 1. The molecular weight excluding hydrogens is 294 g/mol. The zero-order valence-corrected chi connectivity index (χ0v) is 12.8. The summed E-state index contributed by atoms with van der Waals surface area (Å²) in [4.78, 5) is 14.3. The van der Waals surface area contributed by atoms with Crippen molar-refractivity contribution in [3.05, 3.63) is 40.2 Å². The zero-order valence-electron chi connectivity index (χ0n) is 12.1. The highest BCUT2D eigenvalue weighted by Gasteiger charge is 2.21. The van der Waals surface area contributed by atoms with Crippen molar-refractivity contribution in [1.29, 1.82) is 0 Å². The summed E-state index contributed by atoms with van der Waals surface area (Å²) in [6.07, 6.45) is 0. The van der Waals surface area contributed by atoms with Gasteiger partial charge in [-0.05, 0) is 32.0 Å². The van der Waals surface area contributed by atoms with E-state index in [0.717, 1.165) is 0 Å². The number of benzene rings is 1. The molecular formula is C14H16ClN3O3. The van der Waals surface area contributed by atoms with Crippen LogP contribution in [-0.2, 0) is 6.54 Å². The van der Waals surface area contributed by atoms with Crippen molar-refractivity contribution >= 4 is 17.5 Å². The molecule has 1 aromatic carbocycles. The third kappa shape index (κ3) is 3.33. The molecule has 21 heavy (non-hydrogen) atoms. The van der Waals surface area contributed by atoms with Crippen LogP contribution >= 0.6 is 11.6 Å². The van der Waals surface area contributed by atoms with Gasteiger partial charge in [0, 0.05) is 11.6 Å². The number of methoxy groups -OCH3 is 1. The Hall–Kier alpha value is -2.08. The van der Waals surface area contributed by atoms with E-state index in [9.17, 15) is 4.79 Å². The van der Waals surface area contributed by atoms with Crippen LogP contribution in [-0.4, -0.2) is 34.8 Å². The maximum Gasteiger partial charge on any atom is 0.258 e. The average Bonchev–Trinajstić information content (AvgIpc) is 2.89. The van der Waals surface area contributed by atoms with Gasteiger partial charge in [-0.25, -0.2) is 4.63 Å². The van der Waals surface area contributed by atoms with Crippen LogP contribution in [0.4, 0.5) is 0 Å². The smallest absolute Gasteiger partial charge is 0.258 e. The van der Waals surface area contributed by atoms with E-state index in [1.165, 1.54) is 7.11 Å². The van der Waals surface area contributed by atoms with Crippen LogP contribution in [0.25, 0.3) is 0 Å². The lowest BCUT2D eigenvalue weighted by molar-refractivity contribution is 0.0745. The Morgan fingerprint density at radius 2 is 2.19 bits per heavy atom. The van der Waals surface area contributed by atoms with Crippen molar-refractivity contribution < 1.29 is 14.2 Å². The number of halogens is 1. The van der Waals surface area contributed by atoms with E-state index in [1.807, 2.05) is 6.92 Å². The molecule has 0 unspecified atom stereocenters. The fraction of sp³-hybridized carbons (Fsp3) is 0.357. The molecule has 112 valence electrons. The molecule has 0 saturated heterocycles. The molecule has 0 aliphatic carbocycles. The van der Waals surface area contributed by atoms with Crippen molar-refractivity contribution in [2.24, 2.45) is 0 Å². The predicted octanol–water partition coefficient (Wildman–Crippen LogP) is 2.70. The molecule has 0 saturated carbocycles. The largest absolute Gasteiger partial charge is 0.496 e. The molecule has 0 fully saturated rings. The van der Waals surface area contributed by atoms with Gasteiger partial charge in [0.15, 0.2) is 0 Å². The fourth-order valence-electron chi connectivity index (χ4n) is 1.92. The number of carbonyl (C=O) groups is 1. The maximum atomic E-state index is 12.7. The van der Waals surface area contributed by atoms with Crippen molar-refractivity contribution in [2.75, 3.05) is 13.7 Å². The number of nitrogens with zero attached hydrogens (tertiary/aromatic N) is 3. The molecule has 7 heteroatoms. The summed E-state index contributed by atoms with van der Waals surface area (Å²) in [7, 11) is 1.52. The van der Waals surface area contributed by atoms with Crippen LogP contribution in [0.3, 0.4) is 0 Å². The molecule has 0 aliphatic rings. The lowest BCUT2D eigenvalue weighted by atomic mass is 10.1. The second-order valence-corrected chi connectivity index (χ2v) is 4.90. The van der Waals surface area contributed by atoms with Gasteiger partial charge in [0.05, 0.1) is 19.2 Å². The number of hydrogen-bond acceptors (Lipinski definition) is 5. The molecule has 1 heterocycles. The van der Waals surface area contributed by atoms with Crippen LogP contribution in [0.15, 0.2) is 22.8 Å². The monoisotopic (exact) mass is 309 g/mol. The van der Waals surface area contributed by atoms with Gasteiger partial charge < -0.3 is 9.64 Å². The fourth-order valence-corrected chi connectivity index (χ4v) is 2.09. The van der Waals surface area contributed by atoms with Gasteiger partial charge in [-0.3, -0.25) is 4.79 Å². The van der Waals surface area contributed by atoms with Gasteiger partial charge in [-0.1, -0.05) is 21.9 Å². The lowest BCUT2D eigenvalue weighted by Crippen LogP contribution is -2.31. The minimum absolute atomic E-state index is 0.181. The summed E-state index contributed by atoms with van der Waals surface area (Å²) in [5.41, 5.74) is 1.71. The second-order valence-electron chi connectivity index (χ2n) is 4.46. The zero-order chi connectivity index (χ0) is 15.4. The molecule has 6 nitrogen and oxygen atoms in total. The average molecular weight is 310 g/mol. The van der Waals surface area contributed by atoms with E-state index in [0.29, 0.717) is 40.8 Å². The molecule has 0 radical (unpaired) electrons. The summed E-state index contributed by atoms with van der Waals surface area (Å²) >= 11 is 5.97. The first-order valence-electron chi connectivity index (χ1n) is 6.47. The molecule has 0 N–H and O–H groups in total. The number of ether oxygens (including phenoxy) is 1. The van der Waals surface area contributed by atoms with Gasteiger partial charge in [-0.2, -0.15) is 0 Å². The molecule has 1 aromatic heterocycles. The van der Waals surface area contributed by atoms with Crippen molar-refractivity contribution in [3.63, 3.8) is 0 Å². The quantitative estimate of drug-likeness (QED) is 0.849. The number of aromatic nitrogens is 2. The number of aryl methyl sites for hydroxylation is 1. The summed E-state index contributed by atoms with van der Waals surface area (Å²) < 4.78 is 9.88. The van der Waals surface area contributed by atoms with Crippen molar-refractivity contribution in [3.8, 4) is 5.75 Å². The van der Waals surface area contributed by atoms with E-state index in [2.05, 4.69) is 14.9 Å². The van der Waals surface area contributed by atoms with Gasteiger partial charge in [0.1, 0.15) is 17.1 Å². The highest BCUT2D eigenvalue weighted by Crippen LogP contribution is 2.24. The maximum absolute atomic E-state index is 12.7. The summed E-state index contributed by atoms with van der Waals surface area (Å²) in [5, 5.41) is 8.00. The Kier molecular flexibility index (Phi) is 4.80. The van der Waals surface area contributed by atoms with Gasteiger partial charge in [-0.15, -0.1) is 0 Å². The summed E-state index contributed by atoms with van der Waals surface area (Å²) in [6.45, 7) is 4.50. The molecule has 0 bridgehead atoms. The highest BCUT2D eigenvalue weighted by molar-refractivity contribution is 6.31. The topological polar surface area (TPSA) is 68.5 Å². The Bertz CT molecular complexity index is 642. The number of hydrogen-bond donors (Lipinski definition) is 0. The van der Waals surface area contributed by atoms with E-state index in [-0.39, 0.29) is 5.91 Å². The van der Waals surface area contributed by atoms with Crippen LogP contribution in [0.2, 0.25) is 5.02 Å². The minimum atomic E-state index is -0.181. The van der Waals surface area contributed by atoms with Crippen LogP contribution in [0.5, 0.6) is 5.75 Å². The van der Waals surface area contributed by atoms with Gasteiger partial charge >= 0.3 is 0 Å². The molecule has 0 atom stereocenters.